The van der Waals surface area contributed by atoms with Gasteiger partial charge in [0.05, 0.1) is 0 Å². The van der Waals surface area contributed by atoms with E-state index in [0.717, 1.165) is 11.1 Å². The molecule has 0 aliphatic heterocycles. The Balaban J connectivity index is 2.09. The molecule has 3 unspecified atom stereocenters. The van der Waals surface area contributed by atoms with Crippen molar-refractivity contribution >= 4 is 23.9 Å². The second kappa shape index (κ2) is 16.3. The number of esters is 1. The van der Waals surface area contributed by atoms with E-state index in [4.69, 9.17) is 9.47 Å². The summed E-state index contributed by atoms with van der Waals surface area (Å²) in [7, 11) is 0. The molecule has 258 valence electrons. The predicted molar refractivity (Wildman–Crippen MR) is 184 cm³/mol. The van der Waals surface area contributed by atoms with Crippen LogP contribution < -0.4 is 10.6 Å². The Morgan fingerprint density at radius 3 is 1.65 bits per heavy atom. The Morgan fingerprint density at radius 1 is 0.688 bits per heavy atom. The van der Waals surface area contributed by atoms with Gasteiger partial charge in [-0.3, -0.25) is 9.59 Å². The largest absolute Gasteiger partial charge is 0.508 e. The maximum atomic E-state index is 14.6. The highest BCUT2D eigenvalue weighted by Crippen LogP contribution is 2.32. The van der Waals surface area contributed by atoms with E-state index in [0.29, 0.717) is 0 Å². The molecule has 3 aromatic rings. The van der Waals surface area contributed by atoms with Gasteiger partial charge in [-0.05, 0) is 72.6 Å². The summed E-state index contributed by atoms with van der Waals surface area (Å²) in [6.07, 6.45) is -0.565. The molecule has 0 aromatic heterocycles. The highest BCUT2D eigenvalue weighted by atomic mass is 16.6. The third-order valence-electron chi connectivity index (χ3n) is 7.13. The van der Waals surface area contributed by atoms with Crippen molar-refractivity contribution < 1.29 is 33.8 Å². The second-order valence-electron chi connectivity index (χ2n) is 14.0. The van der Waals surface area contributed by atoms with Gasteiger partial charge in [0.1, 0.15) is 35.1 Å². The van der Waals surface area contributed by atoms with Crippen molar-refractivity contribution in [3.05, 3.63) is 102 Å². The Morgan fingerprint density at radius 2 is 1.17 bits per heavy atom. The van der Waals surface area contributed by atoms with Crippen LogP contribution in [0.4, 0.5) is 4.79 Å². The van der Waals surface area contributed by atoms with Crippen LogP contribution in [0.15, 0.2) is 84.9 Å². The molecule has 0 heterocycles. The van der Waals surface area contributed by atoms with Crippen molar-refractivity contribution in [2.24, 2.45) is 0 Å². The molecule has 0 fully saturated rings. The summed E-state index contributed by atoms with van der Waals surface area (Å²) in [5.41, 5.74) is 0.0539. The molecular weight excluding hydrogens is 610 g/mol. The van der Waals surface area contributed by atoms with E-state index in [1.54, 1.807) is 73.6 Å². The molecule has 0 saturated carbocycles. The number of alkyl carbamates (subject to hydrolysis) is 1. The Bertz CT molecular complexity index is 1530. The highest BCUT2D eigenvalue weighted by molar-refractivity contribution is 5.94. The monoisotopic (exact) mass is 659 g/mol. The zero-order valence-electron chi connectivity index (χ0n) is 29.2. The number of hydrogen-bond donors (Lipinski definition) is 3. The van der Waals surface area contributed by atoms with E-state index >= 15 is 0 Å². The average Bonchev–Trinajstić information content (AvgIpc) is 2.98. The fourth-order valence-corrected chi connectivity index (χ4v) is 5.16. The van der Waals surface area contributed by atoms with Gasteiger partial charge in [0.25, 0.3) is 0 Å². The van der Waals surface area contributed by atoms with Gasteiger partial charge in [-0.2, -0.15) is 0 Å². The fraction of sp³-hybridized carbons (Fsp3) is 0.421. The van der Waals surface area contributed by atoms with Crippen molar-refractivity contribution in [2.45, 2.75) is 104 Å². The van der Waals surface area contributed by atoms with Crippen LogP contribution in [0, 0.1) is 0 Å². The van der Waals surface area contributed by atoms with Crippen molar-refractivity contribution in [2.75, 3.05) is 0 Å². The zero-order valence-corrected chi connectivity index (χ0v) is 29.2. The Kier molecular flexibility index (Phi) is 12.8. The van der Waals surface area contributed by atoms with Gasteiger partial charge < -0.3 is 30.1 Å². The van der Waals surface area contributed by atoms with Crippen molar-refractivity contribution in [3.63, 3.8) is 0 Å². The van der Waals surface area contributed by atoms with Crippen LogP contribution in [0.25, 0.3) is 0 Å². The van der Waals surface area contributed by atoms with Crippen LogP contribution in [0.2, 0.25) is 0 Å². The van der Waals surface area contributed by atoms with Crippen LogP contribution in [-0.4, -0.2) is 63.2 Å². The maximum Gasteiger partial charge on any atom is 0.408 e. The molecule has 3 rings (SSSR count). The summed E-state index contributed by atoms with van der Waals surface area (Å²) in [6, 6.07) is 20.3. The quantitative estimate of drug-likeness (QED) is 0.207. The molecule has 48 heavy (non-hydrogen) atoms. The number of rotatable bonds is 12. The number of carbonyl (C=O) groups excluding carboxylic acids is 4. The van der Waals surface area contributed by atoms with E-state index in [1.807, 2.05) is 60.7 Å². The lowest BCUT2D eigenvalue weighted by molar-refractivity contribution is -0.159. The lowest BCUT2D eigenvalue weighted by Crippen LogP contribution is -2.57. The van der Waals surface area contributed by atoms with Gasteiger partial charge in [0, 0.05) is 24.4 Å². The van der Waals surface area contributed by atoms with E-state index in [1.165, 1.54) is 11.0 Å². The van der Waals surface area contributed by atoms with Crippen molar-refractivity contribution in [3.8, 4) is 5.75 Å². The number of nitrogens with zero attached hydrogens (tertiary/aromatic N) is 1. The molecule has 10 nitrogen and oxygen atoms in total. The van der Waals surface area contributed by atoms with Gasteiger partial charge in [-0.1, -0.05) is 78.9 Å². The number of benzene rings is 3. The molecule has 0 radical (unpaired) electrons. The summed E-state index contributed by atoms with van der Waals surface area (Å²) in [5, 5.41) is 16.6. The summed E-state index contributed by atoms with van der Waals surface area (Å²) < 4.78 is 11.2. The first-order valence-electron chi connectivity index (χ1n) is 16.2. The molecule has 10 heteroatoms. The smallest absolute Gasteiger partial charge is 0.408 e. The third kappa shape index (κ3) is 11.4. The molecule has 0 bridgehead atoms. The van der Waals surface area contributed by atoms with Crippen molar-refractivity contribution in [1.82, 2.24) is 15.5 Å². The highest BCUT2D eigenvalue weighted by Gasteiger charge is 2.40. The Labute approximate surface area is 283 Å². The average molecular weight is 660 g/mol. The summed E-state index contributed by atoms with van der Waals surface area (Å²) in [4.78, 5) is 56.9. The van der Waals surface area contributed by atoms with Gasteiger partial charge in [-0.25, -0.2) is 9.59 Å². The second-order valence-corrected chi connectivity index (χ2v) is 14.0. The van der Waals surface area contributed by atoms with E-state index < -0.39 is 59.2 Å². The summed E-state index contributed by atoms with van der Waals surface area (Å²) in [5.74, 6) is -2.15. The fourth-order valence-electron chi connectivity index (χ4n) is 5.16. The van der Waals surface area contributed by atoms with Gasteiger partial charge in [0.15, 0.2) is 0 Å². The first kappa shape index (κ1) is 37.6. The zero-order chi connectivity index (χ0) is 35.6. The van der Waals surface area contributed by atoms with E-state index in [9.17, 15) is 24.3 Å². The molecule has 0 aliphatic rings. The Hall–Kier alpha value is -4.86. The predicted octanol–water partition coefficient (Wildman–Crippen LogP) is 5.88. The van der Waals surface area contributed by atoms with E-state index in [2.05, 4.69) is 10.6 Å². The molecule has 0 saturated heterocycles. The number of carbonyl (C=O) groups is 4. The number of para-hydroxylation sites is 1. The number of aromatic hydroxyl groups is 1. The minimum Gasteiger partial charge on any atom is -0.508 e. The lowest BCUT2D eigenvalue weighted by Gasteiger charge is -2.38. The topological polar surface area (TPSA) is 134 Å². The number of phenolic OH excluding ortho intramolecular Hbond substituents is 1. The SMILES string of the molecule is CC(C)N(C(=O)C(Cc1ccccc1)NC(=O)OC(C)(C)C)C(C(=O)NC(Cc1ccccc1)C(=O)OC(C)(C)C)c1ccccc1O. The van der Waals surface area contributed by atoms with Crippen LogP contribution >= 0.6 is 0 Å². The molecule has 3 N–H and O–H groups in total. The van der Waals surface area contributed by atoms with Gasteiger partial charge in [-0.15, -0.1) is 0 Å². The minimum atomic E-state index is -1.39. The minimum absolute atomic E-state index is 0.103. The molecule has 3 atom stereocenters. The molecule has 0 spiro atoms. The molecule has 3 amide bonds. The number of phenols is 1. The number of ether oxygens (including phenoxy) is 2. The normalized spacial score (nSPS) is 13.5. The van der Waals surface area contributed by atoms with Crippen LogP contribution in [-0.2, 0) is 36.7 Å². The number of hydrogen-bond acceptors (Lipinski definition) is 7. The maximum absolute atomic E-state index is 14.6. The molecular formula is C38H49N3O7. The van der Waals surface area contributed by atoms with Crippen LogP contribution in [0.5, 0.6) is 5.75 Å². The number of amides is 3. The third-order valence-corrected chi connectivity index (χ3v) is 7.13. The standard InChI is InChI=1S/C38H49N3O7/c1-25(2)41(34(44)29(23-26-17-11-9-12-18-26)40-36(46)48-38(6,7)8)32(28-21-15-16-22-31(28)42)33(43)39-30(35(45)47-37(3,4)5)24-27-19-13-10-14-20-27/h9-22,25,29-30,32,42H,23-24H2,1-8H3,(H,39,43)(H,40,46). The van der Waals surface area contributed by atoms with Gasteiger partial charge in [0.2, 0.25) is 11.8 Å². The van der Waals surface area contributed by atoms with E-state index in [-0.39, 0.29) is 24.2 Å². The molecule has 0 aliphatic carbocycles. The van der Waals surface area contributed by atoms with Crippen LogP contribution in [0.1, 0.15) is 78.1 Å². The summed E-state index contributed by atoms with van der Waals surface area (Å²) in [6.45, 7) is 13.8. The first-order chi connectivity index (χ1) is 22.4. The van der Waals surface area contributed by atoms with Crippen molar-refractivity contribution in [1.29, 1.82) is 0 Å². The van der Waals surface area contributed by atoms with Crippen LogP contribution in [0.3, 0.4) is 0 Å². The number of nitrogens with one attached hydrogen (secondary N) is 2. The van der Waals surface area contributed by atoms with Gasteiger partial charge >= 0.3 is 12.1 Å². The summed E-state index contributed by atoms with van der Waals surface area (Å²) >= 11 is 0. The molecule has 3 aromatic carbocycles. The first-order valence-corrected chi connectivity index (χ1v) is 16.2. The lowest BCUT2D eigenvalue weighted by atomic mass is 9.97.